The van der Waals surface area contributed by atoms with Crippen LogP contribution in [-0.4, -0.2) is 50.8 Å². The van der Waals surface area contributed by atoms with E-state index in [2.05, 4.69) is 5.32 Å². The van der Waals surface area contributed by atoms with Crippen LogP contribution in [-0.2, 0) is 13.0 Å². The molecule has 2 rings (SSSR count). The molecule has 0 unspecified atom stereocenters. The summed E-state index contributed by atoms with van der Waals surface area (Å²) < 4.78 is 0. The summed E-state index contributed by atoms with van der Waals surface area (Å²) in [4.78, 5) is 46.1. The summed E-state index contributed by atoms with van der Waals surface area (Å²) in [7, 11) is 0. The Morgan fingerprint density at radius 2 is 1.34 bits per heavy atom. The number of carbonyl (C=O) groups is 4. The van der Waals surface area contributed by atoms with E-state index in [1.807, 2.05) is 30.3 Å². The van der Waals surface area contributed by atoms with Gasteiger partial charge < -0.3 is 25.7 Å². The second-order valence-electron chi connectivity index (χ2n) is 6.19. The van der Waals surface area contributed by atoms with Crippen LogP contribution in [0.25, 0.3) is 0 Å². The van der Waals surface area contributed by atoms with E-state index >= 15 is 0 Å². The number of nitrogens with one attached hydrogen (secondary N) is 1. The topological polar surface area (TPSA) is 161 Å². The molecule has 0 aliphatic rings. The fourth-order valence-electron chi connectivity index (χ4n) is 3.02. The molecule has 0 saturated heterocycles. The molecule has 0 aromatic heterocycles. The molecule has 2 aromatic rings. The van der Waals surface area contributed by atoms with Crippen molar-refractivity contribution in [2.75, 3.05) is 6.54 Å². The number of carboxylic acids is 4. The van der Waals surface area contributed by atoms with Gasteiger partial charge in [0, 0.05) is 6.54 Å². The van der Waals surface area contributed by atoms with Crippen molar-refractivity contribution in [3.05, 3.63) is 69.8 Å². The van der Waals surface area contributed by atoms with E-state index in [0.717, 1.165) is 11.6 Å². The van der Waals surface area contributed by atoms with Gasteiger partial charge in [-0.05, 0) is 36.6 Å². The fraction of sp³-hybridized carbons (Fsp3) is 0.200. The highest BCUT2D eigenvalue weighted by Gasteiger charge is 2.32. The zero-order valence-corrected chi connectivity index (χ0v) is 15.2. The van der Waals surface area contributed by atoms with Crippen LogP contribution in [0.1, 0.15) is 59.0 Å². The Labute approximate surface area is 165 Å². The van der Waals surface area contributed by atoms with E-state index in [1.54, 1.807) is 0 Å². The predicted molar refractivity (Wildman–Crippen MR) is 101 cm³/mol. The Balaban J connectivity index is 2.30. The van der Waals surface area contributed by atoms with Crippen LogP contribution in [0.15, 0.2) is 36.4 Å². The predicted octanol–water partition coefficient (Wildman–Crippen LogP) is 2.20. The average Bonchev–Trinajstić information content (AvgIpc) is 2.66. The van der Waals surface area contributed by atoms with Crippen LogP contribution < -0.4 is 5.32 Å². The van der Waals surface area contributed by atoms with Gasteiger partial charge in [-0.1, -0.05) is 30.3 Å². The van der Waals surface area contributed by atoms with Crippen molar-refractivity contribution in [2.24, 2.45) is 0 Å². The van der Waals surface area contributed by atoms with Gasteiger partial charge in [-0.25, -0.2) is 19.2 Å². The number of rotatable bonds is 10. The van der Waals surface area contributed by atoms with Crippen LogP contribution in [0.3, 0.4) is 0 Å². The number of hydrogen-bond acceptors (Lipinski definition) is 5. The zero-order chi connectivity index (χ0) is 21.6. The van der Waals surface area contributed by atoms with Gasteiger partial charge in [0.1, 0.15) is 0 Å². The highest BCUT2D eigenvalue weighted by Crippen LogP contribution is 2.26. The third kappa shape index (κ3) is 5.17. The maximum atomic E-state index is 11.7. The smallest absolute Gasteiger partial charge is 0.337 e. The standard InChI is InChI=1S/C20H19NO8/c22-17(23)13-9-12(7-4-8-21-10-11-5-2-1-3-6-11)14(18(24)25)16(20(28)29)15(13)19(26)27/h1-3,5-6,9,21H,4,7-8,10H2,(H,22,23)(H,24,25)(H,26,27)(H,28,29). The minimum Gasteiger partial charge on any atom is -0.478 e. The molecule has 0 aliphatic heterocycles. The summed E-state index contributed by atoms with van der Waals surface area (Å²) >= 11 is 0. The Hall–Kier alpha value is -3.72. The van der Waals surface area contributed by atoms with Crippen LogP contribution >= 0.6 is 0 Å². The lowest BCUT2D eigenvalue weighted by atomic mass is 9.89. The highest BCUT2D eigenvalue weighted by atomic mass is 16.4. The molecule has 0 heterocycles. The summed E-state index contributed by atoms with van der Waals surface area (Å²) in [5, 5.41) is 40.6. The third-order valence-electron chi connectivity index (χ3n) is 4.25. The molecule has 0 amide bonds. The van der Waals surface area contributed by atoms with Gasteiger partial charge in [0.2, 0.25) is 0 Å². The molecule has 0 aliphatic carbocycles. The lowest BCUT2D eigenvalue weighted by Gasteiger charge is -2.14. The highest BCUT2D eigenvalue weighted by molar-refractivity contribution is 6.14. The first-order valence-corrected chi connectivity index (χ1v) is 8.61. The van der Waals surface area contributed by atoms with Crippen LogP contribution in [0.2, 0.25) is 0 Å². The second kappa shape index (κ2) is 9.47. The van der Waals surface area contributed by atoms with Gasteiger partial charge in [0.05, 0.1) is 22.3 Å². The molecule has 5 N–H and O–H groups in total. The molecule has 0 bridgehead atoms. The van der Waals surface area contributed by atoms with E-state index in [9.17, 15) is 39.6 Å². The second-order valence-corrected chi connectivity index (χ2v) is 6.19. The first-order valence-electron chi connectivity index (χ1n) is 8.61. The molecule has 0 atom stereocenters. The van der Waals surface area contributed by atoms with E-state index in [4.69, 9.17) is 0 Å². The van der Waals surface area contributed by atoms with E-state index in [-0.39, 0.29) is 12.0 Å². The van der Waals surface area contributed by atoms with Crippen molar-refractivity contribution in [1.82, 2.24) is 5.32 Å². The number of benzene rings is 2. The molecule has 29 heavy (non-hydrogen) atoms. The van der Waals surface area contributed by atoms with Crippen LogP contribution in [0.5, 0.6) is 0 Å². The lowest BCUT2D eigenvalue weighted by Crippen LogP contribution is -2.22. The van der Waals surface area contributed by atoms with Gasteiger partial charge in [-0.15, -0.1) is 0 Å². The summed E-state index contributed by atoms with van der Waals surface area (Å²) in [6.07, 6.45) is 0.446. The summed E-state index contributed by atoms with van der Waals surface area (Å²) in [6, 6.07) is 10.5. The fourth-order valence-corrected chi connectivity index (χ4v) is 3.02. The van der Waals surface area contributed by atoms with Gasteiger partial charge in [0.15, 0.2) is 0 Å². The van der Waals surface area contributed by atoms with Crippen molar-refractivity contribution in [1.29, 1.82) is 0 Å². The van der Waals surface area contributed by atoms with Gasteiger partial charge in [-0.2, -0.15) is 0 Å². The van der Waals surface area contributed by atoms with Crippen molar-refractivity contribution in [2.45, 2.75) is 19.4 Å². The maximum Gasteiger partial charge on any atom is 0.337 e. The van der Waals surface area contributed by atoms with E-state index in [1.165, 1.54) is 0 Å². The lowest BCUT2D eigenvalue weighted by molar-refractivity contribution is 0.0618. The summed E-state index contributed by atoms with van der Waals surface area (Å²) in [6.45, 7) is 1.03. The first kappa shape index (κ1) is 21.6. The molecule has 9 heteroatoms. The molecule has 9 nitrogen and oxygen atoms in total. The Kier molecular flexibility index (Phi) is 7.05. The number of hydrogen-bond donors (Lipinski definition) is 5. The molecule has 152 valence electrons. The van der Waals surface area contributed by atoms with Crippen LogP contribution in [0.4, 0.5) is 0 Å². The largest absolute Gasteiger partial charge is 0.478 e. The Morgan fingerprint density at radius 1 is 0.759 bits per heavy atom. The maximum absolute atomic E-state index is 11.7. The molecule has 0 saturated carbocycles. The van der Waals surface area contributed by atoms with Crippen molar-refractivity contribution in [3.8, 4) is 0 Å². The van der Waals surface area contributed by atoms with E-state index < -0.39 is 46.1 Å². The van der Waals surface area contributed by atoms with Crippen molar-refractivity contribution in [3.63, 3.8) is 0 Å². The Morgan fingerprint density at radius 3 is 1.86 bits per heavy atom. The Bertz CT molecular complexity index is 953. The summed E-state index contributed by atoms with van der Waals surface area (Å²) in [5.74, 6) is -6.91. The number of carboxylic acid groups (broad SMARTS) is 4. The zero-order valence-electron chi connectivity index (χ0n) is 15.2. The minimum atomic E-state index is -1.82. The molecule has 0 spiro atoms. The van der Waals surface area contributed by atoms with Gasteiger partial charge in [-0.3, -0.25) is 0 Å². The summed E-state index contributed by atoms with van der Waals surface area (Å²) in [5.41, 5.74) is -2.54. The molecule has 2 aromatic carbocycles. The van der Waals surface area contributed by atoms with Crippen molar-refractivity contribution < 1.29 is 39.6 Å². The average molecular weight is 401 g/mol. The van der Waals surface area contributed by atoms with E-state index in [0.29, 0.717) is 19.5 Å². The minimum absolute atomic E-state index is 0.0428. The monoisotopic (exact) mass is 401 g/mol. The molecular weight excluding hydrogens is 382 g/mol. The van der Waals surface area contributed by atoms with Gasteiger partial charge >= 0.3 is 23.9 Å². The number of aromatic carboxylic acids is 4. The SMILES string of the molecule is O=C(O)c1cc(CCCNCc2ccccc2)c(C(=O)O)c(C(=O)O)c1C(=O)O. The van der Waals surface area contributed by atoms with Gasteiger partial charge in [0.25, 0.3) is 0 Å². The molecular formula is C20H19NO8. The quantitative estimate of drug-likeness (QED) is 0.376. The number of aryl methyl sites for hydroxylation is 1. The van der Waals surface area contributed by atoms with Crippen LogP contribution in [0, 0.1) is 0 Å². The third-order valence-corrected chi connectivity index (χ3v) is 4.25. The first-order chi connectivity index (χ1) is 13.7. The normalized spacial score (nSPS) is 10.5. The molecule has 0 radical (unpaired) electrons. The van der Waals surface area contributed by atoms with Crippen molar-refractivity contribution >= 4 is 23.9 Å². The molecule has 0 fully saturated rings.